The molecule has 0 fully saturated rings. The molecule has 0 amide bonds. The Kier molecular flexibility index (Phi) is 3.44. The van der Waals surface area contributed by atoms with Crippen LogP contribution < -0.4 is 5.73 Å². The highest BCUT2D eigenvalue weighted by molar-refractivity contribution is 6.34. The molecule has 3 rings (SSSR count). The first kappa shape index (κ1) is 12.8. The van der Waals surface area contributed by atoms with E-state index in [1.54, 1.807) is 0 Å². The van der Waals surface area contributed by atoms with Gasteiger partial charge in [0.1, 0.15) is 0 Å². The maximum absolute atomic E-state index is 6.29. The number of nitrogens with two attached hydrogens (primary N) is 1. The van der Waals surface area contributed by atoms with Gasteiger partial charge in [-0.15, -0.1) is 0 Å². The molecule has 0 atom stereocenters. The third-order valence-corrected chi connectivity index (χ3v) is 3.63. The van der Waals surface area contributed by atoms with Crippen molar-refractivity contribution < 1.29 is 0 Å². The highest BCUT2D eigenvalue weighted by Gasteiger charge is 2.09. The van der Waals surface area contributed by atoms with Crippen molar-refractivity contribution in [1.29, 1.82) is 0 Å². The van der Waals surface area contributed by atoms with E-state index >= 15 is 0 Å². The zero-order valence-corrected chi connectivity index (χ0v) is 11.6. The molecular formula is C18H14ClN. The fourth-order valence-corrected chi connectivity index (χ4v) is 2.49. The Morgan fingerprint density at radius 1 is 0.650 bits per heavy atom. The van der Waals surface area contributed by atoms with Gasteiger partial charge in [-0.3, -0.25) is 0 Å². The van der Waals surface area contributed by atoms with E-state index in [0.717, 1.165) is 22.3 Å². The predicted octanol–water partition coefficient (Wildman–Crippen LogP) is 5.26. The van der Waals surface area contributed by atoms with Crippen molar-refractivity contribution in [3.63, 3.8) is 0 Å². The summed E-state index contributed by atoms with van der Waals surface area (Å²) in [4.78, 5) is 0. The lowest BCUT2D eigenvalue weighted by Crippen LogP contribution is -1.93. The Morgan fingerprint density at radius 2 is 1.20 bits per heavy atom. The number of benzene rings is 3. The molecule has 3 aromatic carbocycles. The highest BCUT2D eigenvalue weighted by Crippen LogP contribution is 2.36. The molecule has 0 aromatic heterocycles. The summed E-state index contributed by atoms with van der Waals surface area (Å²) >= 11 is 6.29. The maximum atomic E-state index is 6.29. The van der Waals surface area contributed by atoms with Gasteiger partial charge in [-0.2, -0.15) is 0 Å². The van der Waals surface area contributed by atoms with E-state index in [-0.39, 0.29) is 0 Å². The van der Waals surface area contributed by atoms with Crippen LogP contribution in [0.15, 0.2) is 72.8 Å². The van der Waals surface area contributed by atoms with Crippen molar-refractivity contribution in [3.05, 3.63) is 77.8 Å². The van der Waals surface area contributed by atoms with Gasteiger partial charge in [0, 0.05) is 5.56 Å². The van der Waals surface area contributed by atoms with Crippen LogP contribution in [0.5, 0.6) is 0 Å². The first-order chi connectivity index (χ1) is 9.75. The number of hydrogen-bond donors (Lipinski definition) is 1. The Balaban J connectivity index is 2.19. The monoisotopic (exact) mass is 279 g/mol. The lowest BCUT2D eigenvalue weighted by molar-refractivity contribution is 1.58. The molecule has 20 heavy (non-hydrogen) atoms. The van der Waals surface area contributed by atoms with Gasteiger partial charge in [0.15, 0.2) is 0 Å². The number of rotatable bonds is 2. The molecule has 0 bridgehead atoms. The SMILES string of the molecule is Nc1c(Cl)cc(-c2ccccc2)cc1-c1ccccc1. The maximum Gasteiger partial charge on any atom is 0.0648 e. The van der Waals surface area contributed by atoms with E-state index < -0.39 is 0 Å². The van der Waals surface area contributed by atoms with Gasteiger partial charge in [-0.25, -0.2) is 0 Å². The van der Waals surface area contributed by atoms with Gasteiger partial charge in [0.05, 0.1) is 10.7 Å². The van der Waals surface area contributed by atoms with E-state index in [1.807, 2.05) is 54.6 Å². The molecule has 0 unspecified atom stereocenters. The van der Waals surface area contributed by atoms with Crippen molar-refractivity contribution in [2.24, 2.45) is 0 Å². The summed E-state index contributed by atoms with van der Waals surface area (Å²) in [6.45, 7) is 0. The minimum atomic E-state index is 0.588. The van der Waals surface area contributed by atoms with Crippen LogP contribution in [0.1, 0.15) is 0 Å². The summed E-state index contributed by atoms with van der Waals surface area (Å²) in [7, 11) is 0. The van der Waals surface area contributed by atoms with E-state index in [0.29, 0.717) is 10.7 Å². The molecule has 3 aromatic rings. The summed E-state index contributed by atoms with van der Waals surface area (Å²) in [5.74, 6) is 0. The van der Waals surface area contributed by atoms with Crippen LogP contribution >= 0.6 is 11.6 Å². The lowest BCUT2D eigenvalue weighted by Gasteiger charge is -2.11. The lowest BCUT2D eigenvalue weighted by atomic mass is 9.97. The van der Waals surface area contributed by atoms with Crippen LogP contribution in [0.4, 0.5) is 5.69 Å². The average Bonchev–Trinajstić information content (AvgIpc) is 2.51. The zero-order valence-electron chi connectivity index (χ0n) is 10.9. The first-order valence-corrected chi connectivity index (χ1v) is 6.83. The normalized spacial score (nSPS) is 10.4. The number of anilines is 1. The average molecular weight is 280 g/mol. The van der Waals surface area contributed by atoms with Gasteiger partial charge >= 0.3 is 0 Å². The van der Waals surface area contributed by atoms with Gasteiger partial charge in [-0.05, 0) is 28.8 Å². The second-order valence-electron chi connectivity index (χ2n) is 4.65. The third kappa shape index (κ3) is 2.40. The Labute approximate surface area is 123 Å². The molecule has 0 heterocycles. The van der Waals surface area contributed by atoms with Gasteiger partial charge in [0.25, 0.3) is 0 Å². The summed E-state index contributed by atoms with van der Waals surface area (Å²) in [5, 5.41) is 0.588. The summed E-state index contributed by atoms with van der Waals surface area (Å²) in [6, 6.07) is 24.2. The Morgan fingerprint density at radius 3 is 1.80 bits per heavy atom. The number of nitrogen functional groups attached to an aromatic ring is 1. The summed E-state index contributed by atoms with van der Waals surface area (Å²) in [6.07, 6.45) is 0. The molecule has 1 nitrogen and oxygen atoms in total. The fraction of sp³-hybridized carbons (Fsp3) is 0. The third-order valence-electron chi connectivity index (χ3n) is 3.32. The van der Waals surface area contributed by atoms with Crippen LogP contribution in [0, 0.1) is 0 Å². The van der Waals surface area contributed by atoms with Crippen LogP contribution in [-0.2, 0) is 0 Å². The number of hydrogen-bond acceptors (Lipinski definition) is 1. The molecule has 0 aliphatic heterocycles. The van der Waals surface area contributed by atoms with Gasteiger partial charge in [0.2, 0.25) is 0 Å². The molecule has 2 heteroatoms. The molecule has 98 valence electrons. The van der Waals surface area contributed by atoms with Gasteiger partial charge < -0.3 is 5.73 Å². The molecule has 0 radical (unpaired) electrons. The van der Waals surface area contributed by atoms with Crippen molar-refractivity contribution in [1.82, 2.24) is 0 Å². The van der Waals surface area contributed by atoms with E-state index in [4.69, 9.17) is 17.3 Å². The van der Waals surface area contributed by atoms with E-state index in [2.05, 4.69) is 18.2 Å². The van der Waals surface area contributed by atoms with Crippen molar-refractivity contribution in [2.45, 2.75) is 0 Å². The Bertz CT molecular complexity index is 721. The second-order valence-corrected chi connectivity index (χ2v) is 5.06. The molecule has 2 N–H and O–H groups in total. The number of halogens is 1. The molecule has 0 spiro atoms. The minimum absolute atomic E-state index is 0.588. The predicted molar refractivity (Wildman–Crippen MR) is 86.7 cm³/mol. The van der Waals surface area contributed by atoms with Crippen molar-refractivity contribution >= 4 is 17.3 Å². The van der Waals surface area contributed by atoms with E-state index in [9.17, 15) is 0 Å². The molecule has 0 aliphatic rings. The van der Waals surface area contributed by atoms with Crippen LogP contribution in [0.2, 0.25) is 5.02 Å². The van der Waals surface area contributed by atoms with Crippen LogP contribution in [-0.4, -0.2) is 0 Å². The first-order valence-electron chi connectivity index (χ1n) is 6.45. The van der Waals surface area contributed by atoms with Crippen molar-refractivity contribution in [2.75, 3.05) is 5.73 Å². The quantitative estimate of drug-likeness (QED) is 0.637. The molecular weight excluding hydrogens is 266 g/mol. The minimum Gasteiger partial charge on any atom is -0.397 e. The standard InChI is InChI=1S/C18H14ClN/c19-17-12-15(13-7-3-1-4-8-13)11-16(18(17)20)14-9-5-2-6-10-14/h1-12H,20H2. The topological polar surface area (TPSA) is 26.0 Å². The second kappa shape index (κ2) is 5.40. The smallest absolute Gasteiger partial charge is 0.0648 e. The Hall–Kier alpha value is -2.25. The van der Waals surface area contributed by atoms with Crippen LogP contribution in [0.3, 0.4) is 0 Å². The van der Waals surface area contributed by atoms with Crippen molar-refractivity contribution in [3.8, 4) is 22.3 Å². The summed E-state index contributed by atoms with van der Waals surface area (Å²) in [5.41, 5.74) is 11.0. The van der Waals surface area contributed by atoms with E-state index in [1.165, 1.54) is 0 Å². The molecule has 0 aliphatic carbocycles. The van der Waals surface area contributed by atoms with Crippen LogP contribution in [0.25, 0.3) is 22.3 Å². The summed E-state index contributed by atoms with van der Waals surface area (Å²) < 4.78 is 0. The molecule has 0 saturated carbocycles. The fourth-order valence-electron chi connectivity index (χ4n) is 2.27. The zero-order chi connectivity index (χ0) is 13.9. The van der Waals surface area contributed by atoms with Gasteiger partial charge in [-0.1, -0.05) is 72.3 Å². The largest absolute Gasteiger partial charge is 0.397 e. The molecule has 0 saturated heterocycles. The highest BCUT2D eigenvalue weighted by atomic mass is 35.5.